The first-order valence-corrected chi connectivity index (χ1v) is 14.3. The third-order valence-corrected chi connectivity index (χ3v) is 7.65. The quantitative estimate of drug-likeness (QED) is 0.229. The molecule has 1 amide bonds. The molecule has 0 radical (unpaired) electrons. The molecule has 0 unspecified atom stereocenters. The highest BCUT2D eigenvalue weighted by atomic mass is 16.5. The lowest BCUT2D eigenvalue weighted by molar-refractivity contribution is -0.117. The zero-order chi connectivity index (χ0) is 30.8. The van der Waals surface area contributed by atoms with Gasteiger partial charge in [-0.1, -0.05) is 30.2 Å². The normalized spacial score (nSPS) is 11.7. The molecule has 2 N–H and O–H groups in total. The van der Waals surface area contributed by atoms with Crippen LogP contribution in [0.5, 0.6) is 5.88 Å². The Morgan fingerprint density at radius 2 is 1.84 bits per heavy atom. The number of nitrogens with zero attached hydrogens (tertiary/aromatic N) is 4. The van der Waals surface area contributed by atoms with Crippen molar-refractivity contribution in [1.29, 1.82) is 0 Å². The van der Waals surface area contributed by atoms with Crippen LogP contribution in [0.15, 0.2) is 85.2 Å². The number of pyridine rings is 3. The Hall–Kier alpha value is -5.52. The summed E-state index contributed by atoms with van der Waals surface area (Å²) in [5.74, 6) is 7.39. The van der Waals surface area contributed by atoms with Gasteiger partial charge in [0.15, 0.2) is 0 Å². The summed E-state index contributed by atoms with van der Waals surface area (Å²) in [6.07, 6.45) is 3.75. The van der Waals surface area contributed by atoms with Crippen LogP contribution < -0.4 is 15.4 Å². The van der Waals surface area contributed by atoms with Gasteiger partial charge in [-0.05, 0) is 98.1 Å². The smallest absolute Gasteiger partial charge is 0.242 e. The summed E-state index contributed by atoms with van der Waals surface area (Å²) < 4.78 is 7.32. The van der Waals surface area contributed by atoms with Crippen molar-refractivity contribution < 1.29 is 9.53 Å². The summed E-state index contributed by atoms with van der Waals surface area (Å²) in [7, 11) is 3.33. The fraction of sp³-hybridized carbons (Fsp3) is 0.167. The van der Waals surface area contributed by atoms with Crippen molar-refractivity contribution >= 4 is 28.1 Å². The van der Waals surface area contributed by atoms with Crippen molar-refractivity contribution in [1.82, 2.24) is 24.7 Å². The molecule has 218 valence electrons. The molecular weight excluding hydrogens is 548 g/mol. The Morgan fingerprint density at radius 3 is 2.61 bits per heavy atom. The highest BCUT2D eigenvalue weighted by Gasteiger charge is 2.21. The molecule has 6 aromatic rings. The van der Waals surface area contributed by atoms with Crippen LogP contribution in [-0.4, -0.2) is 45.5 Å². The van der Waals surface area contributed by atoms with Crippen LogP contribution in [0.1, 0.15) is 29.3 Å². The van der Waals surface area contributed by atoms with E-state index in [1.165, 1.54) is 10.9 Å². The van der Waals surface area contributed by atoms with Crippen molar-refractivity contribution in [2.45, 2.75) is 26.8 Å². The first kappa shape index (κ1) is 28.6. The molecule has 2 aromatic carbocycles. The minimum Gasteiger partial charge on any atom is -0.481 e. The van der Waals surface area contributed by atoms with Crippen LogP contribution in [-0.2, 0) is 4.79 Å². The first-order valence-electron chi connectivity index (χ1n) is 14.3. The summed E-state index contributed by atoms with van der Waals surface area (Å²) in [5.41, 5.74) is 7.62. The molecule has 0 aliphatic carbocycles. The van der Waals surface area contributed by atoms with Gasteiger partial charge in [0.25, 0.3) is 0 Å². The van der Waals surface area contributed by atoms with E-state index in [4.69, 9.17) is 14.7 Å². The number of imidazole rings is 1. The second kappa shape index (κ2) is 12.0. The fourth-order valence-electron chi connectivity index (χ4n) is 5.08. The van der Waals surface area contributed by atoms with Gasteiger partial charge in [0.1, 0.15) is 17.2 Å². The molecule has 0 saturated carbocycles. The van der Waals surface area contributed by atoms with Gasteiger partial charge in [-0.2, -0.15) is 0 Å². The number of likely N-dealkylation sites (N-methyl/N-ethyl adjacent to an activating group) is 1. The third kappa shape index (κ3) is 5.61. The van der Waals surface area contributed by atoms with Crippen molar-refractivity contribution in [3.63, 3.8) is 0 Å². The highest BCUT2D eigenvalue weighted by molar-refractivity contribution is 5.94. The second-order valence-corrected chi connectivity index (χ2v) is 10.7. The molecule has 0 aliphatic rings. The topological polar surface area (TPSA) is 93.4 Å². The number of aromatic nitrogens is 4. The van der Waals surface area contributed by atoms with Gasteiger partial charge in [-0.3, -0.25) is 9.20 Å². The van der Waals surface area contributed by atoms with E-state index < -0.39 is 0 Å². The summed E-state index contributed by atoms with van der Waals surface area (Å²) in [6.45, 7) is 5.93. The molecule has 1 atom stereocenters. The average molecular weight is 581 g/mol. The number of rotatable bonds is 6. The maximum Gasteiger partial charge on any atom is 0.242 e. The Labute approximate surface area is 256 Å². The van der Waals surface area contributed by atoms with Gasteiger partial charge in [-0.25, -0.2) is 15.0 Å². The number of methoxy groups -OCH3 is 1. The largest absolute Gasteiger partial charge is 0.481 e. The minimum atomic E-state index is -0.386. The number of ether oxygens (including phenoxy) is 1. The molecule has 8 nitrogen and oxygen atoms in total. The molecular formula is C36H32N6O2. The SMILES string of the molecule is CN[C@@H](C)C(=O)Nc1ccc(-c2c(-c3ccc(OC)nc3)nc3cc(C)ccn23)c(C#Cc2ccc3c(C)cccc3c2)n1. The van der Waals surface area contributed by atoms with Crippen LogP contribution in [0.4, 0.5) is 5.82 Å². The molecule has 0 aliphatic heterocycles. The first-order chi connectivity index (χ1) is 21.3. The molecule has 6 rings (SSSR count). The average Bonchev–Trinajstić information content (AvgIpc) is 3.41. The number of carbonyl (C=O) groups is 1. The number of benzene rings is 2. The zero-order valence-corrected chi connectivity index (χ0v) is 25.3. The van der Waals surface area contributed by atoms with E-state index in [0.29, 0.717) is 17.4 Å². The van der Waals surface area contributed by atoms with Crippen LogP contribution in [0.3, 0.4) is 0 Å². The maximum atomic E-state index is 12.7. The summed E-state index contributed by atoms with van der Waals surface area (Å²) in [5, 5.41) is 8.19. The lowest BCUT2D eigenvalue weighted by Crippen LogP contribution is -2.35. The van der Waals surface area contributed by atoms with Crippen LogP contribution in [0.25, 0.3) is 38.9 Å². The highest BCUT2D eigenvalue weighted by Crippen LogP contribution is 2.35. The molecule has 8 heteroatoms. The lowest BCUT2D eigenvalue weighted by atomic mass is 10.0. The molecule has 0 saturated heterocycles. The predicted octanol–water partition coefficient (Wildman–Crippen LogP) is 6.18. The van der Waals surface area contributed by atoms with Gasteiger partial charge in [0, 0.05) is 35.2 Å². The zero-order valence-electron chi connectivity index (χ0n) is 25.3. The molecule has 0 fully saturated rings. The third-order valence-electron chi connectivity index (χ3n) is 7.65. The van der Waals surface area contributed by atoms with Crippen LogP contribution in [0, 0.1) is 25.7 Å². The predicted molar refractivity (Wildman–Crippen MR) is 175 cm³/mol. The number of hydrogen-bond acceptors (Lipinski definition) is 6. The number of carbonyl (C=O) groups excluding carboxylic acids is 1. The number of fused-ring (bicyclic) bond motifs is 2. The fourth-order valence-corrected chi connectivity index (χ4v) is 5.08. The van der Waals surface area contributed by atoms with Crippen LogP contribution in [0.2, 0.25) is 0 Å². The van der Waals surface area contributed by atoms with Gasteiger partial charge in [-0.15, -0.1) is 0 Å². The summed E-state index contributed by atoms with van der Waals surface area (Å²) in [4.78, 5) is 27.0. The Balaban J connectivity index is 1.54. The second-order valence-electron chi connectivity index (χ2n) is 10.7. The standard InChI is InChI=1S/C36H32N6O2/c1-22-17-18-42-32(19-22)41-34(27-11-16-33(44-5)38-21-27)35(42)29-13-15-31(40-36(43)24(3)37-4)39-30(29)14-10-25-9-12-28-23(2)7-6-8-26(28)20-25/h6-9,11-13,15-21,24,37H,1-5H3,(H,39,40,43)/t24-/m0/s1. The Morgan fingerprint density at radius 1 is 0.977 bits per heavy atom. The number of nitrogens with one attached hydrogen (secondary N) is 2. The number of aryl methyl sites for hydroxylation is 2. The van der Waals surface area contributed by atoms with Gasteiger partial charge in [0.2, 0.25) is 11.8 Å². The van der Waals surface area contributed by atoms with E-state index in [1.54, 1.807) is 33.3 Å². The van der Waals surface area contributed by atoms with E-state index in [2.05, 4.69) is 64.7 Å². The summed E-state index contributed by atoms with van der Waals surface area (Å²) >= 11 is 0. The van der Waals surface area contributed by atoms with E-state index >= 15 is 0 Å². The molecule has 0 spiro atoms. The van der Waals surface area contributed by atoms with E-state index in [-0.39, 0.29) is 11.9 Å². The molecule has 4 aromatic heterocycles. The minimum absolute atomic E-state index is 0.188. The maximum absolute atomic E-state index is 12.7. The number of amides is 1. The Kier molecular flexibility index (Phi) is 7.80. The van der Waals surface area contributed by atoms with Crippen molar-refractivity contribution in [2.75, 3.05) is 19.5 Å². The van der Waals surface area contributed by atoms with E-state index in [0.717, 1.165) is 44.7 Å². The van der Waals surface area contributed by atoms with E-state index in [1.807, 2.05) is 53.9 Å². The van der Waals surface area contributed by atoms with Crippen molar-refractivity contribution in [3.8, 4) is 40.2 Å². The van der Waals surface area contributed by atoms with Crippen LogP contribution >= 0.6 is 0 Å². The van der Waals surface area contributed by atoms with Crippen molar-refractivity contribution in [3.05, 3.63) is 108 Å². The molecule has 0 bridgehead atoms. The Bertz CT molecular complexity index is 2090. The van der Waals surface area contributed by atoms with E-state index in [9.17, 15) is 4.79 Å². The molecule has 4 heterocycles. The van der Waals surface area contributed by atoms with Gasteiger partial charge < -0.3 is 15.4 Å². The van der Waals surface area contributed by atoms with Crippen molar-refractivity contribution in [2.24, 2.45) is 0 Å². The lowest BCUT2D eigenvalue weighted by Gasteiger charge is -2.13. The number of hydrogen-bond donors (Lipinski definition) is 2. The van der Waals surface area contributed by atoms with Gasteiger partial charge in [0.05, 0.1) is 24.5 Å². The monoisotopic (exact) mass is 580 g/mol. The summed E-state index contributed by atoms with van der Waals surface area (Å²) in [6, 6.07) is 23.6. The number of anilines is 1. The van der Waals surface area contributed by atoms with Gasteiger partial charge >= 0.3 is 0 Å². The molecule has 44 heavy (non-hydrogen) atoms.